The van der Waals surface area contributed by atoms with Crippen molar-refractivity contribution < 1.29 is 9.59 Å². The van der Waals surface area contributed by atoms with Gasteiger partial charge in [-0.1, -0.05) is 6.58 Å². The van der Waals surface area contributed by atoms with Crippen LogP contribution in [0, 0.1) is 0 Å². The molecule has 2 nitrogen and oxygen atoms in total. The Balaban J connectivity index is 4.27. The van der Waals surface area contributed by atoms with Gasteiger partial charge in [-0.25, -0.2) is 0 Å². The Bertz CT molecular complexity index is 199. The van der Waals surface area contributed by atoms with E-state index in [0.29, 0.717) is 11.1 Å². The van der Waals surface area contributed by atoms with E-state index < -0.39 is 0 Å². The lowest BCUT2D eigenvalue weighted by molar-refractivity contribution is -0.111. The summed E-state index contributed by atoms with van der Waals surface area (Å²) in [5.41, 5.74) is 0.725. The molecule has 0 aromatic carbocycles. The first-order valence-corrected chi connectivity index (χ1v) is 2.84. The molecule has 0 atom stereocenters. The van der Waals surface area contributed by atoms with Gasteiger partial charge in [0.25, 0.3) is 0 Å². The van der Waals surface area contributed by atoms with Crippen molar-refractivity contribution in [1.29, 1.82) is 0 Å². The molecule has 10 heavy (non-hydrogen) atoms. The number of hydrogen-bond donors (Lipinski definition) is 0. The third-order valence-corrected chi connectivity index (χ3v) is 0.929. The van der Waals surface area contributed by atoms with Crippen LogP contribution in [-0.2, 0) is 9.59 Å². The number of allylic oxidation sites excluding steroid dienone is 3. The zero-order valence-corrected chi connectivity index (χ0v) is 6.10. The van der Waals surface area contributed by atoms with Gasteiger partial charge in [-0.2, -0.15) is 0 Å². The summed E-state index contributed by atoms with van der Waals surface area (Å²) in [6.45, 7) is 6.53. The summed E-state index contributed by atoms with van der Waals surface area (Å²) in [7, 11) is 0. The van der Waals surface area contributed by atoms with Crippen molar-refractivity contribution in [2.24, 2.45) is 0 Å². The minimum absolute atomic E-state index is 0.221. The Morgan fingerprint density at radius 1 is 1.50 bits per heavy atom. The van der Waals surface area contributed by atoms with Crippen molar-refractivity contribution in [3.05, 3.63) is 23.8 Å². The van der Waals surface area contributed by atoms with Gasteiger partial charge < -0.3 is 0 Å². The zero-order chi connectivity index (χ0) is 8.15. The van der Waals surface area contributed by atoms with Crippen molar-refractivity contribution in [3.8, 4) is 0 Å². The van der Waals surface area contributed by atoms with Crippen LogP contribution in [0.15, 0.2) is 23.8 Å². The highest BCUT2D eigenvalue weighted by Gasteiger charge is 1.97. The molecule has 0 amide bonds. The standard InChI is InChI=1S/C8H9O2/c1-6(2)8(10)4-7(3)5-9/h4H,1H2,2-3H3. The summed E-state index contributed by atoms with van der Waals surface area (Å²) in [4.78, 5) is 20.6. The van der Waals surface area contributed by atoms with Crippen LogP contribution in [0.3, 0.4) is 0 Å². The van der Waals surface area contributed by atoms with E-state index in [2.05, 4.69) is 6.58 Å². The van der Waals surface area contributed by atoms with Crippen LogP contribution >= 0.6 is 0 Å². The second-order valence-electron chi connectivity index (χ2n) is 2.07. The third kappa shape index (κ3) is 2.97. The van der Waals surface area contributed by atoms with Crippen LogP contribution in [0.4, 0.5) is 0 Å². The average molecular weight is 137 g/mol. The van der Waals surface area contributed by atoms with E-state index in [9.17, 15) is 9.59 Å². The lowest BCUT2D eigenvalue weighted by Crippen LogP contribution is -1.94. The van der Waals surface area contributed by atoms with E-state index >= 15 is 0 Å². The van der Waals surface area contributed by atoms with E-state index in [4.69, 9.17) is 0 Å². The summed E-state index contributed by atoms with van der Waals surface area (Å²) in [5, 5.41) is 0. The summed E-state index contributed by atoms with van der Waals surface area (Å²) in [6, 6.07) is 0. The summed E-state index contributed by atoms with van der Waals surface area (Å²) in [6.07, 6.45) is 2.82. The Labute approximate surface area is 60.2 Å². The molecule has 0 fully saturated rings. The molecule has 0 saturated carbocycles. The molecule has 0 aromatic rings. The van der Waals surface area contributed by atoms with Gasteiger partial charge in [0, 0.05) is 5.57 Å². The van der Waals surface area contributed by atoms with Crippen LogP contribution in [0.1, 0.15) is 13.8 Å². The molecule has 0 N–H and O–H groups in total. The van der Waals surface area contributed by atoms with Crippen molar-refractivity contribution in [2.45, 2.75) is 13.8 Å². The molecule has 0 aliphatic rings. The maximum absolute atomic E-state index is 10.8. The summed E-state index contributed by atoms with van der Waals surface area (Å²) >= 11 is 0. The molecular formula is C8H9O2. The molecule has 0 aliphatic heterocycles. The molecule has 0 unspecified atom stereocenters. The first kappa shape index (κ1) is 8.82. The fourth-order valence-electron chi connectivity index (χ4n) is 0.349. The van der Waals surface area contributed by atoms with E-state index in [0.717, 1.165) is 0 Å². The van der Waals surface area contributed by atoms with Crippen molar-refractivity contribution in [3.63, 3.8) is 0 Å². The third-order valence-electron chi connectivity index (χ3n) is 0.929. The second kappa shape index (κ2) is 3.77. The van der Waals surface area contributed by atoms with Gasteiger partial charge in [-0.3, -0.25) is 9.59 Å². The Morgan fingerprint density at radius 3 is 2.30 bits per heavy atom. The van der Waals surface area contributed by atoms with E-state index in [1.807, 2.05) is 0 Å². The van der Waals surface area contributed by atoms with Gasteiger partial charge in [0.2, 0.25) is 6.29 Å². The Hall–Kier alpha value is -1.18. The number of rotatable bonds is 3. The predicted octanol–water partition coefficient (Wildman–Crippen LogP) is 1.19. The van der Waals surface area contributed by atoms with Gasteiger partial charge in [-0.05, 0) is 25.5 Å². The van der Waals surface area contributed by atoms with Gasteiger partial charge in [0.15, 0.2) is 5.78 Å². The highest BCUT2D eigenvalue weighted by Crippen LogP contribution is 1.94. The first-order chi connectivity index (χ1) is 4.57. The predicted molar refractivity (Wildman–Crippen MR) is 39.3 cm³/mol. The number of ketones is 1. The maximum atomic E-state index is 10.8. The number of carbonyl (C=O) groups is 1. The quantitative estimate of drug-likeness (QED) is 0.547. The van der Waals surface area contributed by atoms with E-state index in [1.165, 1.54) is 13.0 Å². The molecule has 0 aromatic heterocycles. The normalized spacial score (nSPS) is 10.8. The molecule has 0 aliphatic carbocycles. The van der Waals surface area contributed by atoms with Crippen molar-refractivity contribution >= 4 is 12.1 Å². The minimum atomic E-state index is -0.221. The molecule has 53 valence electrons. The maximum Gasteiger partial charge on any atom is 0.229 e. The Morgan fingerprint density at radius 2 is 2.00 bits per heavy atom. The van der Waals surface area contributed by atoms with Gasteiger partial charge in [0.05, 0.1) is 0 Å². The monoisotopic (exact) mass is 137 g/mol. The molecule has 0 saturated heterocycles. The van der Waals surface area contributed by atoms with E-state index in [1.54, 1.807) is 13.2 Å². The van der Waals surface area contributed by atoms with Crippen LogP contribution in [0.25, 0.3) is 0 Å². The molecule has 1 radical (unpaired) electrons. The summed E-state index contributed by atoms with van der Waals surface area (Å²) in [5.74, 6) is -0.221. The topological polar surface area (TPSA) is 34.1 Å². The highest BCUT2D eigenvalue weighted by atomic mass is 16.1. The SMILES string of the molecule is C=C(C)C(=O)C=C(C)[C]=O. The van der Waals surface area contributed by atoms with Crippen LogP contribution < -0.4 is 0 Å². The van der Waals surface area contributed by atoms with Crippen LogP contribution in [0.5, 0.6) is 0 Å². The van der Waals surface area contributed by atoms with Gasteiger partial charge in [-0.15, -0.1) is 0 Å². The highest BCUT2D eigenvalue weighted by molar-refractivity contribution is 6.05. The number of carbonyl (C=O) groups excluding carboxylic acids is 2. The molecule has 0 bridgehead atoms. The molecule has 2 heteroatoms. The smallest absolute Gasteiger partial charge is 0.229 e. The minimum Gasteiger partial charge on any atom is -0.290 e. The zero-order valence-electron chi connectivity index (χ0n) is 6.10. The largest absolute Gasteiger partial charge is 0.290 e. The lowest BCUT2D eigenvalue weighted by atomic mass is 10.2. The molecule has 0 heterocycles. The molecular weight excluding hydrogens is 128 g/mol. The Kier molecular flexibility index (Phi) is 3.33. The van der Waals surface area contributed by atoms with Crippen molar-refractivity contribution in [2.75, 3.05) is 0 Å². The van der Waals surface area contributed by atoms with Crippen molar-refractivity contribution in [1.82, 2.24) is 0 Å². The molecule has 0 spiro atoms. The van der Waals surface area contributed by atoms with Gasteiger partial charge in [0.1, 0.15) is 0 Å². The average Bonchev–Trinajstić information content (AvgIpc) is 1.87. The first-order valence-electron chi connectivity index (χ1n) is 2.84. The lowest BCUT2D eigenvalue weighted by Gasteiger charge is -1.88. The van der Waals surface area contributed by atoms with E-state index in [-0.39, 0.29) is 5.78 Å². The molecule has 0 rings (SSSR count). The van der Waals surface area contributed by atoms with Crippen LogP contribution in [0.2, 0.25) is 0 Å². The summed E-state index contributed by atoms with van der Waals surface area (Å²) < 4.78 is 0. The fourth-order valence-corrected chi connectivity index (χ4v) is 0.349. The van der Waals surface area contributed by atoms with Gasteiger partial charge >= 0.3 is 0 Å². The van der Waals surface area contributed by atoms with Crippen LogP contribution in [-0.4, -0.2) is 12.1 Å². The second-order valence-corrected chi connectivity index (χ2v) is 2.07. The number of hydrogen-bond acceptors (Lipinski definition) is 2. The fraction of sp³-hybridized carbons (Fsp3) is 0.250.